The van der Waals surface area contributed by atoms with Gasteiger partial charge in [0.05, 0.1) is 12.2 Å². The number of aliphatic hydroxyl groups is 1. The maximum absolute atomic E-state index is 12.4. The van der Waals surface area contributed by atoms with Crippen LogP contribution in [-0.2, 0) is 11.2 Å². The summed E-state index contributed by atoms with van der Waals surface area (Å²) < 4.78 is 5.82. The number of hydrogen-bond donors (Lipinski definition) is 1. The lowest BCUT2D eigenvalue weighted by atomic mass is 10.1. The molecule has 1 N–H and O–H groups in total. The minimum Gasteiger partial charge on any atom is -0.486 e. The van der Waals surface area contributed by atoms with Gasteiger partial charge in [0.1, 0.15) is 18.0 Å². The summed E-state index contributed by atoms with van der Waals surface area (Å²) in [7, 11) is 1.77. The van der Waals surface area contributed by atoms with Crippen molar-refractivity contribution in [1.29, 1.82) is 0 Å². The molecular weight excluding hydrogens is 324 g/mol. The van der Waals surface area contributed by atoms with Crippen molar-refractivity contribution >= 4 is 17.2 Å². The molecule has 0 spiro atoms. The molecule has 2 heterocycles. The zero-order chi connectivity index (χ0) is 16.9. The monoisotopic (exact) mass is 346 g/mol. The topological polar surface area (TPSA) is 62.7 Å². The second kappa shape index (κ2) is 7.77. The molecule has 5 nitrogen and oxygen atoms in total. The van der Waals surface area contributed by atoms with Crippen molar-refractivity contribution in [3.05, 3.63) is 46.9 Å². The molecule has 1 aliphatic rings. The summed E-state index contributed by atoms with van der Waals surface area (Å²) in [5.41, 5.74) is 0. The molecule has 0 bridgehead atoms. The van der Waals surface area contributed by atoms with Crippen LogP contribution in [0, 0.1) is 0 Å². The van der Waals surface area contributed by atoms with E-state index in [9.17, 15) is 9.90 Å². The normalized spacial score (nSPS) is 23.2. The van der Waals surface area contributed by atoms with Gasteiger partial charge in [-0.2, -0.15) is 0 Å². The van der Waals surface area contributed by atoms with Gasteiger partial charge in [0.2, 0.25) is 5.91 Å². The Balaban J connectivity index is 1.53. The molecule has 0 unspecified atom stereocenters. The van der Waals surface area contributed by atoms with Crippen LogP contribution < -0.4 is 4.74 Å². The van der Waals surface area contributed by atoms with Crippen LogP contribution in [0.1, 0.15) is 24.1 Å². The van der Waals surface area contributed by atoms with Crippen LogP contribution in [0.5, 0.6) is 5.75 Å². The van der Waals surface area contributed by atoms with Crippen molar-refractivity contribution in [2.24, 2.45) is 0 Å². The first-order chi connectivity index (χ1) is 11.6. The summed E-state index contributed by atoms with van der Waals surface area (Å²) in [6.45, 7) is 0. The maximum Gasteiger partial charge on any atom is 0.223 e. The average molecular weight is 346 g/mol. The summed E-state index contributed by atoms with van der Waals surface area (Å²) in [4.78, 5) is 19.3. The Kier molecular flexibility index (Phi) is 5.48. The molecule has 3 atom stereocenters. The average Bonchev–Trinajstić information content (AvgIpc) is 3.24. The van der Waals surface area contributed by atoms with Crippen LogP contribution >= 0.6 is 11.3 Å². The number of ether oxygens (including phenoxy) is 1. The lowest BCUT2D eigenvalue weighted by Crippen LogP contribution is -2.45. The van der Waals surface area contributed by atoms with Crippen LogP contribution in [0.4, 0.5) is 0 Å². The summed E-state index contributed by atoms with van der Waals surface area (Å²) in [5, 5.41) is 12.6. The number of nitrogens with zero attached hydrogens (tertiary/aromatic N) is 2. The Labute approximate surface area is 145 Å². The summed E-state index contributed by atoms with van der Waals surface area (Å²) >= 11 is 1.67. The van der Waals surface area contributed by atoms with Gasteiger partial charge >= 0.3 is 0 Å². The highest BCUT2D eigenvalue weighted by atomic mass is 32.1. The first-order valence-electron chi connectivity index (χ1n) is 8.18. The summed E-state index contributed by atoms with van der Waals surface area (Å²) in [6.07, 6.45) is 5.02. The molecule has 6 heteroatoms. The van der Waals surface area contributed by atoms with E-state index in [1.165, 1.54) is 4.88 Å². The molecule has 1 saturated carbocycles. The van der Waals surface area contributed by atoms with E-state index in [1.54, 1.807) is 41.7 Å². The van der Waals surface area contributed by atoms with Gasteiger partial charge in [0.15, 0.2) is 0 Å². The van der Waals surface area contributed by atoms with Crippen LogP contribution in [-0.4, -0.2) is 46.2 Å². The molecule has 2 aromatic heterocycles. The molecule has 0 radical (unpaired) electrons. The van der Waals surface area contributed by atoms with Crippen molar-refractivity contribution in [1.82, 2.24) is 9.88 Å². The molecule has 0 aliphatic heterocycles. The van der Waals surface area contributed by atoms with Gasteiger partial charge in [-0.1, -0.05) is 6.07 Å². The second-order valence-electron chi connectivity index (χ2n) is 6.06. The third kappa shape index (κ3) is 3.94. The Morgan fingerprint density at radius 1 is 1.42 bits per heavy atom. The zero-order valence-electron chi connectivity index (χ0n) is 13.7. The fraction of sp³-hybridized carbons (Fsp3) is 0.444. The third-order valence-electron chi connectivity index (χ3n) is 4.50. The number of aromatic nitrogens is 1. The highest BCUT2D eigenvalue weighted by molar-refractivity contribution is 7.09. The van der Waals surface area contributed by atoms with Gasteiger partial charge in [-0.05, 0) is 42.8 Å². The fourth-order valence-electron chi connectivity index (χ4n) is 3.11. The molecule has 1 aliphatic carbocycles. The van der Waals surface area contributed by atoms with Gasteiger partial charge in [-0.25, -0.2) is 0 Å². The van der Waals surface area contributed by atoms with E-state index >= 15 is 0 Å². The summed E-state index contributed by atoms with van der Waals surface area (Å²) in [6, 6.07) is 7.47. The predicted octanol–water partition coefficient (Wildman–Crippen LogP) is 2.51. The van der Waals surface area contributed by atoms with E-state index in [2.05, 4.69) is 4.98 Å². The standard InChI is InChI=1S/C18H22N2O3S/c1-20(17(21)9-6-14-5-3-11-24-14)15-7-8-16(18(15)22)23-13-4-2-10-19-12-13/h2-5,10-12,15-16,18,22H,6-9H2,1H3/t15-,16-,18-/m1/s1. The highest BCUT2D eigenvalue weighted by Gasteiger charge is 2.40. The second-order valence-corrected chi connectivity index (χ2v) is 7.10. The Morgan fingerprint density at radius 2 is 2.29 bits per heavy atom. The lowest BCUT2D eigenvalue weighted by Gasteiger charge is -2.28. The molecule has 1 fully saturated rings. The van der Waals surface area contributed by atoms with Crippen LogP contribution in [0.25, 0.3) is 0 Å². The van der Waals surface area contributed by atoms with Crippen molar-refractivity contribution in [2.75, 3.05) is 7.05 Å². The molecule has 128 valence electrons. The van der Waals surface area contributed by atoms with E-state index in [-0.39, 0.29) is 18.1 Å². The van der Waals surface area contributed by atoms with Crippen molar-refractivity contribution in [3.63, 3.8) is 0 Å². The molecule has 0 aromatic carbocycles. The minimum atomic E-state index is -0.680. The molecule has 0 saturated heterocycles. The number of amides is 1. The molecule has 1 amide bonds. The van der Waals surface area contributed by atoms with E-state index in [4.69, 9.17) is 4.74 Å². The first-order valence-corrected chi connectivity index (χ1v) is 9.06. The fourth-order valence-corrected chi connectivity index (χ4v) is 3.82. The third-order valence-corrected chi connectivity index (χ3v) is 5.44. The minimum absolute atomic E-state index is 0.0643. The predicted molar refractivity (Wildman–Crippen MR) is 93.1 cm³/mol. The number of carbonyl (C=O) groups excluding carboxylic acids is 1. The molecular formula is C18H22N2O3S. The smallest absolute Gasteiger partial charge is 0.223 e. The number of thiophene rings is 1. The Bertz CT molecular complexity index is 648. The van der Waals surface area contributed by atoms with E-state index in [0.29, 0.717) is 12.2 Å². The Morgan fingerprint density at radius 3 is 3.00 bits per heavy atom. The number of aryl methyl sites for hydroxylation is 1. The van der Waals surface area contributed by atoms with Crippen LogP contribution in [0.3, 0.4) is 0 Å². The van der Waals surface area contributed by atoms with Gasteiger partial charge in [-0.15, -0.1) is 11.3 Å². The summed E-state index contributed by atoms with van der Waals surface area (Å²) in [5.74, 6) is 0.711. The largest absolute Gasteiger partial charge is 0.486 e. The van der Waals surface area contributed by atoms with Gasteiger partial charge < -0.3 is 14.7 Å². The molecule has 24 heavy (non-hydrogen) atoms. The quantitative estimate of drug-likeness (QED) is 0.873. The van der Waals surface area contributed by atoms with Gasteiger partial charge in [0, 0.05) is 24.5 Å². The number of hydrogen-bond acceptors (Lipinski definition) is 5. The van der Waals surface area contributed by atoms with Crippen LogP contribution in [0.2, 0.25) is 0 Å². The zero-order valence-corrected chi connectivity index (χ0v) is 14.5. The SMILES string of the molecule is CN(C(=O)CCc1cccs1)[C@@H]1CC[C@@H](Oc2cccnc2)[C@@H]1O. The number of rotatable bonds is 6. The first kappa shape index (κ1) is 16.9. The number of pyridine rings is 1. The number of likely N-dealkylation sites (N-methyl/N-ethyl adjacent to an activating group) is 1. The van der Waals surface area contributed by atoms with Gasteiger partial charge in [0.25, 0.3) is 0 Å². The molecule has 3 rings (SSSR count). The van der Waals surface area contributed by atoms with E-state index in [0.717, 1.165) is 19.3 Å². The highest BCUT2D eigenvalue weighted by Crippen LogP contribution is 2.28. The van der Waals surface area contributed by atoms with Crippen LogP contribution in [0.15, 0.2) is 42.0 Å². The number of aliphatic hydroxyl groups excluding tert-OH is 1. The number of carbonyl (C=O) groups is 1. The van der Waals surface area contributed by atoms with Gasteiger partial charge in [-0.3, -0.25) is 9.78 Å². The molecule has 2 aromatic rings. The Hall–Kier alpha value is -1.92. The van der Waals surface area contributed by atoms with E-state index < -0.39 is 6.10 Å². The lowest BCUT2D eigenvalue weighted by molar-refractivity contribution is -0.134. The van der Waals surface area contributed by atoms with Crippen molar-refractivity contribution in [3.8, 4) is 5.75 Å². The maximum atomic E-state index is 12.4. The van der Waals surface area contributed by atoms with Crippen molar-refractivity contribution in [2.45, 2.75) is 43.9 Å². The van der Waals surface area contributed by atoms with E-state index in [1.807, 2.05) is 23.6 Å². The van der Waals surface area contributed by atoms with Crippen molar-refractivity contribution < 1.29 is 14.6 Å².